The minimum atomic E-state index is -3.56. The van der Waals surface area contributed by atoms with Crippen molar-refractivity contribution in [2.24, 2.45) is 7.05 Å². The van der Waals surface area contributed by atoms with Crippen LogP contribution in [0.15, 0.2) is 41.6 Å². The summed E-state index contributed by atoms with van der Waals surface area (Å²) in [4.78, 5) is 0. The van der Waals surface area contributed by atoms with Gasteiger partial charge in [0.1, 0.15) is 0 Å². The van der Waals surface area contributed by atoms with Crippen molar-refractivity contribution in [2.75, 3.05) is 5.73 Å². The van der Waals surface area contributed by atoms with Crippen molar-refractivity contribution in [3.63, 3.8) is 0 Å². The van der Waals surface area contributed by atoms with Crippen molar-refractivity contribution in [1.29, 1.82) is 0 Å². The average molecular weight is 306 g/mol. The molecular weight excluding hydrogens is 288 g/mol. The second-order valence-electron chi connectivity index (χ2n) is 5.27. The highest BCUT2D eigenvalue weighted by Gasteiger charge is 2.39. The lowest BCUT2D eigenvalue weighted by Crippen LogP contribution is -2.34. The summed E-state index contributed by atoms with van der Waals surface area (Å²) >= 11 is 0. The summed E-state index contributed by atoms with van der Waals surface area (Å²) in [5.41, 5.74) is 7.39. The highest BCUT2D eigenvalue weighted by molar-refractivity contribution is 7.89. The molecule has 1 aromatic heterocycles. The van der Waals surface area contributed by atoms with E-state index in [1.54, 1.807) is 13.1 Å². The van der Waals surface area contributed by atoms with Gasteiger partial charge in [0.15, 0.2) is 5.03 Å². The molecule has 0 bridgehead atoms. The maximum Gasteiger partial charge on any atom is 0.260 e. The number of aromatic nitrogens is 2. The highest BCUT2D eigenvalue weighted by Crippen LogP contribution is 2.34. The van der Waals surface area contributed by atoms with Gasteiger partial charge in [0, 0.05) is 25.3 Å². The zero-order valence-electron chi connectivity index (χ0n) is 11.8. The SMILES string of the molecule is Cn1nccc1S(=O)(=O)N(Cc1ccccc1N)C1CC1. The molecule has 0 unspecified atom stereocenters. The van der Waals surface area contributed by atoms with Crippen LogP contribution in [0.1, 0.15) is 18.4 Å². The Morgan fingerprint density at radius 3 is 2.62 bits per heavy atom. The third-order valence-electron chi connectivity index (χ3n) is 3.68. The Balaban J connectivity index is 1.96. The summed E-state index contributed by atoms with van der Waals surface area (Å²) in [7, 11) is -1.93. The molecule has 0 radical (unpaired) electrons. The second kappa shape index (κ2) is 5.16. The fraction of sp³-hybridized carbons (Fsp3) is 0.357. The molecule has 0 atom stereocenters. The molecule has 1 aliphatic rings. The number of aryl methyl sites for hydroxylation is 1. The Bertz CT molecular complexity index is 750. The third-order valence-corrected chi connectivity index (χ3v) is 5.66. The van der Waals surface area contributed by atoms with Crippen LogP contribution in [0.3, 0.4) is 0 Å². The molecule has 7 heteroatoms. The van der Waals surface area contributed by atoms with Gasteiger partial charge in [0.2, 0.25) is 0 Å². The maximum absolute atomic E-state index is 12.8. The van der Waals surface area contributed by atoms with Crippen molar-refractivity contribution >= 4 is 15.7 Å². The lowest BCUT2D eigenvalue weighted by Gasteiger charge is -2.22. The predicted octanol–water partition coefficient (Wildman–Crippen LogP) is 1.36. The van der Waals surface area contributed by atoms with Gasteiger partial charge in [-0.1, -0.05) is 18.2 Å². The van der Waals surface area contributed by atoms with E-state index in [0.717, 1.165) is 18.4 Å². The first-order valence-electron chi connectivity index (χ1n) is 6.83. The molecule has 6 nitrogen and oxygen atoms in total. The summed E-state index contributed by atoms with van der Waals surface area (Å²) in [6, 6.07) is 8.95. The number of benzene rings is 1. The third kappa shape index (κ3) is 2.66. The molecule has 1 aromatic carbocycles. The lowest BCUT2D eigenvalue weighted by atomic mass is 10.2. The minimum absolute atomic E-state index is 0.0597. The largest absolute Gasteiger partial charge is 0.398 e. The van der Waals surface area contributed by atoms with Crippen molar-refractivity contribution in [1.82, 2.24) is 14.1 Å². The number of hydrogen-bond acceptors (Lipinski definition) is 4. The second-order valence-corrected chi connectivity index (χ2v) is 7.11. The van der Waals surface area contributed by atoms with Crippen LogP contribution >= 0.6 is 0 Å². The van der Waals surface area contributed by atoms with E-state index in [-0.39, 0.29) is 11.1 Å². The Morgan fingerprint density at radius 2 is 2.05 bits per heavy atom. The van der Waals surface area contributed by atoms with Crippen LogP contribution in [0.25, 0.3) is 0 Å². The van der Waals surface area contributed by atoms with Gasteiger partial charge in [-0.05, 0) is 30.5 Å². The summed E-state index contributed by atoms with van der Waals surface area (Å²) in [5.74, 6) is 0. The van der Waals surface area contributed by atoms with Gasteiger partial charge in [-0.3, -0.25) is 4.68 Å². The van der Waals surface area contributed by atoms with Crippen molar-refractivity contribution in [2.45, 2.75) is 30.5 Å². The molecule has 0 saturated heterocycles. The summed E-state index contributed by atoms with van der Waals surface area (Å²) in [6.07, 6.45) is 3.28. The Morgan fingerprint density at radius 1 is 1.33 bits per heavy atom. The number of sulfonamides is 1. The highest BCUT2D eigenvalue weighted by atomic mass is 32.2. The topological polar surface area (TPSA) is 81.2 Å². The molecule has 0 amide bonds. The summed E-state index contributed by atoms with van der Waals surface area (Å²) < 4.78 is 28.6. The first kappa shape index (κ1) is 14.1. The summed E-state index contributed by atoms with van der Waals surface area (Å²) in [5, 5.41) is 4.17. The quantitative estimate of drug-likeness (QED) is 0.846. The van der Waals surface area contributed by atoms with E-state index in [1.807, 2.05) is 18.2 Å². The van der Waals surface area contributed by atoms with Gasteiger partial charge in [0.25, 0.3) is 10.0 Å². The molecule has 1 aliphatic carbocycles. The van der Waals surface area contributed by atoms with Gasteiger partial charge in [-0.2, -0.15) is 9.40 Å². The standard InChI is InChI=1S/C14H18N4O2S/c1-17-14(8-9-16-17)21(19,20)18(12-6-7-12)10-11-4-2-3-5-13(11)15/h2-5,8-9,12H,6-7,10,15H2,1H3. The average Bonchev–Trinajstić information content (AvgIpc) is 3.18. The monoisotopic (exact) mass is 306 g/mol. The molecule has 2 aromatic rings. The van der Waals surface area contributed by atoms with Crippen LogP contribution in [0.2, 0.25) is 0 Å². The number of nitrogens with two attached hydrogens (primary N) is 1. The Labute approximate surface area is 124 Å². The Hall–Kier alpha value is -1.86. The molecule has 21 heavy (non-hydrogen) atoms. The zero-order chi connectivity index (χ0) is 15.0. The molecule has 0 aliphatic heterocycles. The molecule has 1 saturated carbocycles. The number of anilines is 1. The summed E-state index contributed by atoms with van der Waals surface area (Å²) in [6.45, 7) is 0.296. The Kier molecular flexibility index (Phi) is 3.46. The van der Waals surface area contributed by atoms with Crippen molar-refractivity contribution in [3.05, 3.63) is 42.1 Å². The maximum atomic E-state index is 12.8. The fourth-order valence-corrected chi connectivity index (χ4v) is 4.12. The van der Waals surface area contributed by atoms with Crippen molar-refractivity contribution in [3.8, 4) is 0 Å². The zero-order valence-corrected chi connectivity index (χ0v) is 12.6. The molecule has 2 N–H and O–H groups in total. The van der Waals surface area contributed by atoms with E-state index in [4.69, 9.17) is 5.73 Å². The number of nitrogen functional groups attached to an aromatic ring is 1. The van der Waals surface area contributed by atoms with Crippen LogP contribution in [0.4, 0.5) is 5.69 Å². The van der Waals surface area contributed by atoms with Crippen LogP contribution in [-0.2, 0) is 23.6 Å². The molecule has 1 fully saturated rings. The van der Waals surface area contributed by atoms with E-state index >= 15 is 0 Å². The van der Waals surface area contributed by atoms with Gasteiger partial charge in [0.05, 0.1) is 6.20 Å². The van der Waals surface area contributed by atoms with Gasteiger partial charge >= 0.3 is 0 Å². The smallest absolute Gasteiger partial charge is 0.260 e. The van der Waals surface area contributed by atoms with E-state index in [2.05, 4.69) is 5.10 Å². The van der Waals surface area contributed by atoms with E-state index in [0.29, 0.717) is 12.2 Å². The van der Waals surface area contributed by atoms with Gasteiger partial charge < -0.3 is 5.73 Å². The predicted molar refractivity (Wildman–Crippen MR) is 79.8 cm³/mol. The van der Waals surface area contributed by atoms with Crippen LogP contribution in [-0.4, -0.2) is 28.5 Å². The van der Waals surface area contributed by atoms with E-state index in [9.17, 15) is 8.42 Å². The van der Waals surface area contributed by atoms with Crippen LogP contribution in [0, 0.1) is 0 Å². The van der Waals surface area contributed by atoms with E-state index in [1.165, 1.54) is 21.3 Å². The van der Waals surface area contributed by atoms with Crippen molar-refractivity contribution < 1.29 is 8.42 Å². The van der Waals surface area contributed by atoms with Crippen LogP contribution < -0.4 is 5.73 Å². The molecule has 1 heterocycles. The number of nitrogens with zero attached hydrogens (tertiary/aromatic N) is 3. The minimum Gasteiger partial charge on any atom is -0.398 e. The molecule has 0 spiro atoms. The van der Waals surface area contributed by atoms with E-state index < -0.39 is 10.0 Å². The molecule has 112 valence electrons. The van der Waals surface area contributed by atoms with Gasteiger partial charge in [-0.25, -0.2) is 8.42 Å². The molecular formula is C14H18N4O2S. The number of rotatable bonds is 5. The number of hydrogen-bond donors (Lipinski definition) is 1. The fourth-order valence-electron chi connectivity index (χ4n) is 2.35. The van der Waals surface area contributed by atoms with Gasteiger partial charge in [-0.15, -0.1) is 0 Å². The first-order valence-corrected chi connectivity index (χ1v) is 8.27. The van der Waals surface area contributed by atoms with Crippen LogP contribution in [0.5, 0.6) is 0 Å². The number of para-hydroxylation sites is 1. The normalized spacial score (nSPS) is 15.5. The first-order chi connectivity index (χ1) is 10.00. The molecule has 3 rings (SSSR count). The lowest BCUT2D eigenvalue weighted by molar-refractivity contribution is 0.394.